The molecule has 0 aromatic carbocycles. The number of ether oxygens (including phenoxy) is 1. The van der Waals surface area contributed by atoms with Gasteiger partial charge >= 0.3 is 5.97 Å². The van der Waals surface area contributed by atoms with Crippen LogP contribution in [0.5, 0.6) is 0 Å². The molecule has 68 valence electrons. The lowest BCUT2D eigenvalue weighted by Crippen LogP contribution is -2.25. The minimum absolute atomic E-state index is 0.309. The molecular weight excluding hydrogens is 170 g/mol. The minimum Gasteiger partial charge on any atom is -0.472 e. The van der Waals surface area contributed by atoms with Crippen LogP contribution in [-0.4, -0.2) is 11.6 Å². The van der Waals surface area contributed by atoms with Gasteiger partial charge in [0, 0.05) is 0 Å². The number of nitrogens with zero attached hydrogens (tertiary/aromatic N) is 1. The first-order valence-corrected chi connectivity index (χ1v) is 3.72. The molecule has 1 aromatic rings. The maximum atomic E-state index is 11.2. The van der Waals surface area contributed by atoms with E-state index < -0.39 is 11.6 Å². The van der Waals surface area contributed by atoms with Gasteiger partial charge in [-0.1, -0.05) is 0 Å². The number of carbonyl (C=O) groups excluding carboxylic acids is 1. The van der Waals surface area contributed by atoms with Gasteiger partial charge in [-0.05, 0) is 19.9 Å². The fourth-order valence-electron chi connectivity index (χ4n) is 0.694. The Morgan fingerprint density at radius 3 is 2.85 bits per heavy atom. The zero-order valence-corrected chi connectivity index (χ0v) is 7.40. The van der Waals surface area contributed by atoms with Crippen LogP contribution in [0.25, 0.3) is 0 Å². The number of hydrogen-bond donors (Lipinski definition) is 0. The summed E-state index contributed by atoms with van der Waals surface area (Å²) < 4.78 is 9.57. The normalized spacial score (nSPS) is 10.5. The molecule has 0 aliphatic heterocycles. The van der Waals surface area contributed by atoms with E-state index in [1.54, 1.807) is 0 Å². The Hall–Kier alpha value is -1.76. The summed E-state index contributed by atoms with van der Waals surface area (Å²) >= 11 is 0. The molecule has 1 heterocycles. The van der Waals surface area contributed by atoms with Gasteiger partial charge in [-0.2, -0.15) is 5.26 Å². The summed E-state index contributed by atoms with van der Waals surface area (Å²) in [6.07, 6.45) is 2.64. The molecule has 0 saturated carbocycles. The van der Waals surface area contributed by atoms with Crippen molar-refractivity contribution in [3.63, 3.8) is 0 Å². The molecule has 13 heavy (non-hydrogen) atoms. The average Bonchev–Trinajstić information content (AvgIpc) is 2.55. The van der Waals surface area contributed by atoms with Crippen molar-refractivity contribution in [3.05, 3.63) is 24.2 Å². The highest BCUT2D eigenvalue weighted by Gasteiger charge is 2.23. The van der Waals surface area contributed by atoms with E-state index in [2.05, 4.69) is 0 Å². The lowest BCUT2D eigenvalue weighted by molar-refractivity contribution is 0.0197. The lowest BCUT2D eigenvalue weighted by atomic mass is 10.2. The highest BCUT2D eigenvalue weighted by molar-refractivity contribution is 5.89. The quantitative estimate of drug-likeness (QED) is 0.648. The summed E-state index contributed by atoms with van der Waals surface area (Å²) in [4.78, 5) is 11.2. The van der Waals surface area contributed by atoms with Crippen molar-refractivity contribution in [1.29, 1.82) is 5.26 Å². The van der Waals surface area contributed by atoms with Crippen LogP contribution in [0.4, 0.5) is 0 Å². The summed E-state index contributed by atoms with van der Waals surface area (Å²) in [7, 11) is 0. The van der Waals surface area contributed by atoms with Crippen LogP contribution in [0, 0.1) is 11.3 Å². The number of carbonyl (C=O) groups is 1. The smallest absolute Gasteiger partial charge is 0.342 e. The summed E-state index contributed by atoms with van der Waals surface area (Å²) in [5.74, 6) is -0.555. The summed E-state index contributed by atoms with van der Waals surface area (Å²) in [5, 5.41) is 8.59. The van der Waals surface area contributed by atoms with Gasteiger partial charge in [0.1, 0.15) is 12.3 Å². The van der Waals surface area contributed by atoms with Crippen LogP contribution in [0.3, 0.4) is 0 Å². The second kappa shape index (κ2) is 3.31. The molecule has 0 bridgehead atoms. The number of nitriles is 1. The molecule has 4 heteroatoms. The number of esters is 1. The van der Waals surface area contributed by atoms with Gasteiger partial charge in [0.2, 0.25) is 0 Å². The molecule has 0 atom stereocenters. The van der Waals surface area contributed by atoms with Gasteiger partial charge in [0.25, 0.3) is 0 Å². The Bertz CT molecular complexity index is 332. The van der Waals surface area contributed by atoms with Gasteiger partial charge in [-0.3, -0.25) is 0 Å². The SMILES string of the molecule is CC(C)(C#N)OC(=O)c1ccoc1. The van der Waals surface area contributed by atoms with Crippen molar-refractivity contribution in [3.8, 4) is 6.07 Å². The predicted octanol–water partition coefficient (Wildman–Crippen LogP) is 1.74. The van der Waals surface area contributed by atoms with E-state index >= 15 is 0 Å². The van der Waals surface area contributed by atoms with Gasteiger partial charge < -0.3 is 9.15 Å². The van der Waals surface area contributed by atoms with E-state index in [0.29, 0.717) is 5.56 Å². The van der Waals surface area contributed by atoms with Crippen molar-refractivity contribution in [1.82, 2.24) is 0 Å². The summed E-state index contributed by atoms with van der Waals surface area (Å²) in [6, 6.07) is 3.34. The van der Waals surface area contributed by atoms with Gasteiger partial charge in [-0.25, -0.2) is 4.79 Å². The first-order valence-electron chi connectivity index (χ1n) is 3.72. The number of rotatable bonds is 2. The molecule has 0 radical (unpaired) electrons. The van der Waals surface area contributed by atoms with Crippen molar-refractivity contribution < 1.29 is 13.9 Å². The van der Waals surface area contributed by atoms with Gasteiger partial charge in [0.05, 0.1) is 11.8 Å². The van der Waals surface area contributed by atoms with Crippen molar-refractivity contribution in [2.24, 2.45) is 0 Å². The maximum Gasteiger partial charge on any atom is 0.342 e. The van der Waals surface area contributed by atoms with E-state index in [-0.39, 0.29) is 0 Å². The van der Waals surface area contributed by atoms with E-state index in [4.69, 9.17) is 14.4 Å². The molecule has 0 N–H and O–H groups in total. The minimum atomic E-state index is -1.10. The molecule has 1 rings (SSSR count). The predicted molar refractivity (Wildman–Crippen MR) is 43.8 cm³/mol. The highest BCUT2D eigenvalue weighted by atomic mass is 16.6. The molecule has 4 nitrogen and oxygen atoms in total. The summed E-state index contributed by atoms with van der Waals surface area (Å²) in [6.45, 7) is 3.04. The zero-order chi connectivity index (χ0) is 9.90. The third-order valence-corrected chi connectivity index (χ3v) is 1.37. The largest absolute Gasteiger partial charge is 0.472 e. The summed E-state index contributed by atoms with van der Waals surface area (Å²) in [5.41, 5.74) is -0.794. The van der Waals surface area contributed by atoms with Crippen LogP contribution < -0.4 is 0 Å². The maximum absolute atomic E-state index is 11.2. The third kappa shape index (κ3) is 2.34. The van der Waals surface area contributed by atoms with Crippen molar-refractivity contribution in [2.45, 2.75) is 19.4 Å². The van der Waals surface area contributed by atoms with Gasteiger partial charge in [-0.15, -0.1) is 0 Å². The second-order valence-electron chi connectivity index (χ2n) is 3.02. The Morgan fingerprint density at radius 2 is 2.38 bits per heavy atom. The van der Waals surface area contributed by atoms with Crippen LogP contribution >= 0.6 is 0 Å². The average molecular weight is 179 g/mol. The molecule has 0 unspecified atom stereocenters. The second-order valence-corrected chi connectivity index (χ2v) is 3.02. The molecule has 0 aliphatic carbocycles. The molecular formula is C9H9NO3. The molecule has 0 aliphatic rings. The first-order chi connectivity index (χ1) is 6.05. The van der Waals surface area contributed by atoms with E-state index in [0.717, 1.165) is 0 Å². The lowest BCUT2D eigenvalue weighted by Gasteiger charge is -2.15. The first kappa shape index (κ1) is 9.33. The van der Waals surface area contributed by atoms with E-state index in [9.17, 15) is 4.79 Å². The number of furan rings is 1. The third-order valence-electron chi connectivity index (χ3n) is 1.37. The van der Waals surface area contributed by atoms with Crippen LogP contribution in [0.2, 0.25) is 0 Å². The highest BCUT2D eigenvalue weighted by Crippen LogP contribution is 2.11. The fraction of sp³-hybridized carbons (Fsp3) is 0.333. The molecule has 0 spiro atoms. The molecule has 0 amide bonds. The Labute approximate surface area is 75.7 Å². The van der Waals surface area contributed by atoms with Gasteiger partial charge in [0.15, 0.2) is 5.60 Å². The topological polar surface area (TPSA) is 63.2 Å². The van der Waals surface area contributed by atoms with Crippen LogP contribution in [-0.2, 0) is 4.74 Å². The van der Waals surface area contributed by atoms with Crippen molar-refractivity contribution in [2.75, 3.05) is 0 Å². The molecule has 0 fully saturated rings. The molecule has 1 aromatic heterocycles. The van der Waals surface area contributed by atoms with Crippen LogP contribution in [0.1, 0.15) is 24.2 Å². The Morgan fingerprint density at radius 1 is 1.69 bits per heavy atom. The fourth-order valence-corrected chi connectivity index (χ4v) is 0.694. The van der Waals surface area contributed by atoms with Crippen molar-refractivity contribution >= 4 is 5.97 Å². The van der Waals surface area contributed by atoms with E-state index in [1.807, 2.05) is 6.07 Å². The Balaban J connectivity index is 2.68. The van der Waals surface area contributed by atoms with E-state index in [1.165, 1.54) is 32.4 Å². The standard InChI is InChI=1S/C9H9NO3/c1-9(2,6-10)13-8(11)7-3-4-12-5-7/h3-5H,1-2H3. The number of hydrogen-bond acceptors (Lipinski definition) is 4. The zero-order valence-electron chi connectivity index (χ0n) is 7.40. The molecule has 0 saturated heterocycles. The Kier molecular flexibility index (Phi) is 2.38. The monoisotopic (exact) mass is 179 g/mol. The van der Waals surface area contributed by atoms with Crippen LogP contribution in [0.15, 0.2) is 23.0 Å².